The van der Waals surface area contributed by atoms with Crippen LogP contribution >= 0.6 is 0 Å². The number of hydrogen-bond acceptors (Lipinski definition) is 6. The number of carbonyl (C=O) groups is 1. The summed E-state index contributed by atoms with van der Waals surface area (Å²) in [5.41, 5.74) is 0.223. The lowest BCUT2D eigenvalue weighted by molar-refractivity contribution is 0.102. The third-order valence-corrected chi connectivity index (χ3v) is 3.61. The zero-order chi connectivity index (χ0) is 18.1. The second kappa shape index (κ2) is 6.43. The van der Waals surface area contributed by atoms with E-state index in [1.807, 2.05) is 0 Å². The summed E-state index contributed by atoms with van der Waals surface area (Å²) in [6.45, 7) is 0.911. The molecule has 0 atom stereocenters. The third-order valence-electron chi connectivity index (χ3n) is 3.61. The second-order valence-corrected chi connectivity index (χ2v) is 5.35. The number of amides is 1. The first-order valence-electron chi connectivity index (χ1n) is 7.60. The van der Waals surface area contributed by atoms with Crippen molar-refractivity contribution in [2.45, 2.75) is 0 Å². The molecular weight excluding hydrogens is 348 g/mol. The molecule has 1 amide bonds. The molecule has 2 heterocycles. The number of nitrogens with one attached hydrogen (secondary N) is 1. The van der Waals surface area contributed by atoms with Gasteiger partial charge in [-0.05, 0) is 30.3 Å². The van der Waals surface area contributed by atoms with Crippen LogP contribution in [0.25, 0.3) is 11.5 Å². The zero-order valence-corrected chi connectivity index (χ0v) is 13.2. The molecule has 0 bridgehead atoms. The number of anilines is 1. The highest BCUT2D eigenvalue weighted by molar-refractivity contribution is 6.03. The molecule has 0 aliphatic carbocycles. The molecule has 26 heavy (non-hydrogen) atoms. The third kappa shape index (κ3) is 3.06. The highest BCUT2D eigenvalue weighted by atomic mass is 19.1. The van der Waals surface area contributed by atoms with Crippen molar-refractivity contribution in [3.63, 3.8) is 0 Å². The molecule has 1 N–H and O–H groups in total. The van der Waals surface area contributed by atoms with E-state index < -0.39 is 17.5 Å². The second-order valence-electron chi connectivity index (χ2n) is 5.35. The summed E-state index contributed by atoms with van der Waals surface area (Å²) < 4.78 is 42.8. The largest absolute Gasteiger partial charge is 0.486 e. The molecule has 4 rings (SSSR count). The number of ether oxygens (including phenoxy) is 2. The lowest BCUT2D eigenvalue weighted by Crippen LogP contribution is -2.15. The summed E-state index contributed by atoms with van der Waals surface area (Å²) in [6.07, 6.45) is 0. The first-order valence-corrected chi connectivity index (χ1v) is 7.60. The number of hydrogen-bond donors (Lipinski definition) is 1. The molecule has 3 aromatic rings. The van der Waals surface area contributed by atoms with Crippen molar-refractivity contribution in [1.82, 2.24) is 10.2 Å². The van der Waals surface area contributed by atoms with Gasteiger partial charge in [-0.2, -0.15) is 0 Å². The smallest absolute Gasteiger partial charge is 0.322 e. The van der Waals surface area contributed by atoms with E-state index in [1.165, 1.54) is 0 Å². The van der Waals surface area contributed by atoms with Gasteiger partial charge in [0, 0.05) is 11.6 Å². The van der Waals surface area contributed by atoms with Crippen LogP contribution in [0.4, 0.5) is 14.8 Å². The van der Waals surface area contributed by atoms with E-state index in [9.17, 15) is 13.6 Å². The Morgan fingerprint density at radius 3 is 2.62 bits per heavy atom. The van der Waals surface area contributed by atoms with Crippen LogP contribution in [0.5, 0.6) is 11.5 Å². The van der Waals surface area contributed by atoms with Crippen LogP contribution in [0.1, 0.15) is 10.4 Å². The Hall–Kier alpha value is -3.49. The number of benzene rings is 2. The van der Waals surface area contributed by atoms with Crippen LogP contribution in [0.15, 0.2) is 40.8 Å². The van der Waals surface area contributed by atoms with Crippen molar-refractivity contribution in [2.24, 2.45) is 0 Å². The first-order chi connectivity index (χ1) is 12.6. The Kier molecular flexibility index (Phi) is 3.96. The van der Waals surface area contributed by atoms with E-state index in [-0.39, 0.29) is 17.5 Å². The Morgan fingerprint density at radius 1 is 1.00 bits per heavy atom. The summed E-state index contributed by atoms with van der Waals surface area (Å²) in [5.74, 6) is -1.31. The van der Waals surface area contributed by atoms with Crippen LogP contribution < -0.4 is 14.8 Å². The predicted octanol–water partition coefficient (Wildman–Crippen LogP) is 3.04. The number of rotatable bonds is 3. The van der Waals surface area contributed by atoms with Gasteiger partial charge < -0.3 is 13.9 Å². The predicted molar refractivity (Wildman–Crippen MR) is 85.0 cm³/mol. The summed E-state index contributed by atoms with van der Waals surface area (Å²) in [4.78, 5) is 12.0. The van der Waals surface area contributed by atoms with Gasteiger partial charge in [0.15, 0.2) is 11.5 Å². The molecule has 1 aliphatic rings. The topological polar surface area (TPSA) is 86.5 Å². The van der Waals surface area contributed by atoms with Gasteiger partial charge in [-0.15, -0.1) is 5.10 Å². The fraction of sp³-hybridized carbons (Fsp3) is 0.118. The molecule has 1 aliphatic heterocycles. The summed E-state index contributed by atoms with van der Waals surface area (Å²) >= 11 is 0. The number of aromatic nitrogens is 2. The van der Waals surface area contributed by atoms with Gasteiger partial charge >= 0.3 is 6.01 Å². The highest BCUT2D eigenvalue weighted by Crippen LogP contribution is 2.34. The molecule has 132 valence electrons. The van der Waals surface area contributed by atoms with Crippen LogP contribution in [0, 0.1) is 11.6 Å². The molecular formula is C17H11F2N3O4. The summed E-state index contributed by atoms with van der Waals surface area (Å²) in [6, 6.07) is 7.48. The number of carbonyl (C=O) groups excluding carboxylic acids is 1. The number of fused-ring (bicyclic) bond motifs is 1. The molecule has 0 unspecified atom stereocenters. The monoisotopic (exact) mass is 359 g/mol. The molecule has 0 saturated carbocycles. The van der Waals surface area contributed by atoms with Gasteiger partial charge in [-0.25, -0.2) is 8.78 Å². The van der Waals surface area contributed by atoms with E-state index in [0.717, 1.165) is 12.1 Å². The van der Waals surface area contributed by atoms with Gasteiger partial charge in [0.1, 0.15) is 24.8 Å². The van der Waals surface area contributed by atoms with E-state index in [2.05, 4.69) is 15.5 Å². The molecule has 7 nitrogen and oxygen atoms in total. The van der Waals surface area contributed by atoms with Crippen molar-refractivity contribution in [2.75, 3.05) is 18.5 Å². The SMILES string of the molecule is O=C(Nc1nnc(-c2ccc3c(c2)OCCO3)o1)c1ccc(F)cc1F. The van der Waals surface area contributed by atoms with Gasteiger partial charge in [0.2, 0.25) is 5.89 Å². The zero-order valence-electron chi connectivity index (χ0n) is 13.2. The van der Waals surface area contributed by atoms with Gasteiger partial charge in [-0.1, -0.05) is 5.10 Å². The minimum atomic E-state index is -0.992. The Bertz CT molecular complexity index is 990. The molecule has 0 radical (unpaired) electrons. The molecule has 0 fully saturated rings. The minimum absolute atomic E-state index is 0.136. The Morgan fingerprint density at radius 2 is 1.81 bits per heavy atom. The molecule has 0 spiro atoms. The number of nitrogens with zero attached hydrogens (tertiary/aromatic N) is 2. The standard InChI is InChI=1S/C17H11F2N3O4/c18-10-2-3-11(12(19)8-10)15(23)20-17-22-21-16(26-17)9-1-4-13-14(7-9)25-6-5-24-13/h1-4,7-8H,5-6H2,(H,20,22,23). The lowest BCUT2D eigenvalue weighted by atomic mass is 10.2. The van der Waals surface area contributed by atoms with Crippen LogP contribution in [-0.2, 0) is 0 Å². The average Bonchev–Trinajstić information content (AvgIpc) is 3.09. The number of halogens is 2. The maximum Gasteiger partial charge on any atom is 0.322 e. The van der Waals surface area contributed by atoms with Crippen molar-refractivity contribution >= 4 is 11.9 Å². The fourth-order valence-corrected chi connectivity index (χ4v) is 2.40. The molecule has 9 heteroatoms. The van der Waals surface area contributed by atoms with Crippen molar-refractivity contribution in [3.05, 3.63) is 53.6 Å². The van der Waals surface area contributed by atoms with Crippen molar-refractivity contribution < 1.29 is 27.5 Å². The average molecular weight is 359 g/mol. The molecule has 1 aromatic heterocycles. The van der Waals surface area contributed by atoms with E-state index in [4.69, 9.17) is 13.9 Å². The quantitative estimate of drug-likeness (QED) is 0.774. The van der Waals surface area contributed by atoms with Crippen molar-refractivity contribution in [1.29, 1.82) is 0 Å². The van der Waals surface area contributed by atoms with E-state index in [1.54, 1.807) is 18.2 Å². The van der Waals surface area contributed by atoms with Gasteiger partial charge in [-0.3, -0.25) is 10.1 Å². The Balaban J connectivity index is 1.54. The maximum atomic E-state index is 13.6. The van der Waals surface area contributed by atoms with E-state index >= 15 is 0 Å². The Labute approximate surface area is 145 Å². The molecule has 2 aromatic carbocycles. The fourth-order valence-electron chi connectivity index (χ4n) is 2.40. The normalized spacial score (nSPS) is 12.7. The maximum absolute atomic E-state index is 13.6. The summed E-state index contributed by atoms with van der Waals surface area (Å²) in [5, 5.41) is 9.81. The van der Waals surface area contributed by atoms with Crippen LogP contribution in [0.3, 0.4) is 0 Å². The van der Waals surface area contributed by atoms with Crippen LogP contribution in [-0.4, -0.2) is 29.3 Å². The first kappa shape index (κ1) is 16.0. The summed E-state index contributed by atoms with van der Waals surface area (Å²) in [7, 11) is 0. The van der Waals surface area contributed by atoms with Gasteiger partial charge in [0.05, 0.1) is 5.56 Å². The molecule has 0 saturated heterocycles. The highest BCUT2D eigenvalue weighted by Gasteiger charge is 2.18. The van der Waals surface area contributed by atoms with Crippen LogP contribution in [0.2, 0.25) is 0 Å². The lowest BCUT2D eigenvalue weighted by Gasteiger charge is -2.18. The van der Waals surface area contributed by atoms with E-state index in [0.29, 0.717) is 36.3 Å². The van der Waals surface area contributed by atoms with Crippen molar-refractivity contribution in [3.8, 4) is 23.0 Å². The van der Waals surface area contributed by atoms with Gasteiger partial charge in [0.25, 0.3) is 5.91 Å². The minimum Gasteiger partial charge on any atom is -0.486 e.